The van der Waals surface area contributed by atoms with Crippen LogP contribution in [0.3, 0.4) is 0 Å². The molecule has 0 fully saturated rings. The van der Waals surface area contributed by atoms with Gasteiger partial charge in [-0.25, -0.2) is 0 Å². The Morgan fingerprint density at radius 2 is 2.05 bits per heavy atom. The maximum Gasteiger partial charge on any atom is 0.311 e. The van der Waals surface area contributed by atoms with E-state index in [1.165, 1.54) is 6.20 Å². The third-order valence-electron chi connectivity index (χ3n) is 3.08. The predicted octanol–water partition coefficient (Wildman–Crippen LogP) is 3.15. The molecule has 0 aliphatic heterocycles. The van der Waals surface area contributed by atoms with E-state index >= 15 is 0 Å². The number of benzene rings is 1. The van der Waals surface area contributed by atoms with Crippen molar-refractivity contribution in [3.63, 3.8) is 0 Å². The topological polar surface area (TPSA) is 59.4 Å². The average molecular weight is 292 g/mol. The first-order valence-corrected chi connectivity index (χ1v) is 6.44. The summed E-state index contributed by atoms with van der Waals surface area (Å²) in [6.07, 6.45) is 3.37. The SMILES string of the molecule is COc1ccc(CC(C(=O)O)c2ccncc2Cl)cc1. The molecule has 4 nitrogen and oxygen atoms in total. The average Bonchev–Trinajstić information content (AvgIpc) is 2.46. The molecule has 1 atom stereocenters. The van der Waals surface area contributed by atoms with Crippen LogP contribution in [0.25, 0.3) is 0 Å². The number of hydrogen-bond acceptors (Lipinski definition) is 3. The molecule has 0 radical (unpaired) electrons. The molecule has 5 heteroatoms. The van der Waals surface area contributed by atoms with Gasteiger partial charge in [0, 0.05) is 12.4 Å². The van der Waals surface area contributed by atoms with Gasteiger partial charge < -0.3 is 9.84 Å². The highest BCUT2D eigenvalue weighted by atomic mass is 35.5. The summed E-state index contributed by atoms with van der Waals surface area (Å²) in [6, 6.07) is 8.96. The molecule has 0 spiro atoms. The third-order valence-corrected chi connectivity index (χ3v) is 3.39. The maximum atomic E-state index is 11.5. The molecule has 0 aliphatic carbocycles. The van der Waals surface area contributed by atoms with E-state index in [9.17, 15) is 9.90 Å². The van der Waals surface area contributed by atoms with Crippen molar-refractivity contribution in [1.82, 2.24) is 4.98 Å². The van der Waals surface area contributed by atoms with Crippen LogP contribution < -0.4 is 4.74 Å². The molecule has 2 rings (SSSR count). The summed E-state index contributed by atoms with van der Waals surface area (Å²) < 4.78 is 5.08. The molecule has 0 saturated carbocycles. The highest BCUT2D eigenvalue weighted by Gasteiger charge is 2.22. The Bertz CT molecular complexity index is 598. The smallest absolute Gasteiger partial charge is 0.311 e. The molecular formula is C15H14ClNO3. The number of nitrogens with zero attached hydrogens (tertiary/aromatic N) is 1. The summed E-state index contributed by atoms with van der Waals surface area (Å²) in [4.78, 5) is 15.4. The Kier molecular flexibility index (Phi) is 4.58. The highest BCUT2D eigenvalue weighted by Crippen LogP contribution is 2.27. The molecule has 1 unspecified atom stereocenters. The zero-order valence-electron chi connectivity index (χ0n) is 10.9. The van der Waals surface area contributed by atoms with Crippen molar-refractivity contribution in [3.05, 3.63) is 58.9 Å². The van der Waals surface area contributed by atoms with Crippen molar-refractivity contribution in [3.8, 4) is 5.75 Å². The van der Waals surface area contributed by atoms with Gasteiger partial charge >= 0.3 is 5.97 Å². The van der Waals surface area contributed by atoms with Gasteiger partial charge in [-0.15, -0.1) is 0 Å². The molecule has 104 valence electrons. The van der Waals surface area contributed by atoms with Crippen molar-refractivity contribution in [2.45, 2.75) is 12.3 Å². The molecule has 20 heavy (non-hydrogen) atoms. The van der Waals surface area contributed by atoms with E-state index in [0.717, 1.165) is 11.3 Å². The predicted molar refractivity (Wildman–Crippen MR) is 76.3 cm³/mol. The van der Waals surface area contributed by atoms with Crippen molar-refractivity contribution >= 4 is 17.6 Å². The van der Waals surface area contributed by atoms with Gasteiger partial charge in [0.2, 0.25) is 0 Å². The fourth-order valence-corrected chi connectivity index (χ4v) is 2.25. The van der Waals surface area contributed by atoms with E-state index in [2.05, 4.69) is 4.98 Å². The molecule has 0 bridgehead atoms. The minimum absolute atomic E-state index is 0.364. The summed E-state index contributed by atoms with van der Waals surface area (Å²) >= 11 is 6.03. The molecule has 1 aromatic carbocycles. The lowest BCUT2D eigenvalue weighted by Crippen LogP contribution is -2.15. The summed E-state index contributed by atoms with van der Waals surface area (Å²) in [6.45, 7) is 0. The van der Waals surface area contributed by atoms with E-state index in [0.29, 0.717) is 17.0 Å². The normalized spacial score (nSPS) is 11.9. The molecule has 1 aromatic heterocycles. The lowest BCUT2D eigenvalue weighted by Gasteiger charge is -2.14. The number of methoxy groups -OCH3 is 1. The van der Waals surface area contributed by atoms with E-state index < -0.39 is 11.9 Å². The first-order valence-electron chi connectivity index (χ1n) is 6.07. The van der Waals surface area contributed by atoms with E-state index in [1.807, 2.05) is 24.3 Å². The number of carboxylic acids is 1. The van der Waals surface area contributed by atoms with Crippen LogP contribution in [-0.4, -0.2) is 23.2 Å². The van der Waals surface area contributed by atoms with E-state index in [4.69, 9.17) is 16.3 Å². The largest absolute Gasteiger partial charge is 0.497 e. The van der Waals surface area contributed by atoms with Gasteiger partial charge in [-0.1, -0.05) is 23.7 Å². The molecule has 2 aromatic rings. The zero-order chi connectivity index (χ0) is 14.5. The second kappa shape index (κ2) is 6.39. The first kappa shape index (κ1) is 14.3. The van der Waals surface area contributed by atoms with Gasteiger partial charge in [0.15, 0.2) is 0 Å². The molecule has 1 N–H and O–H groups in total. The Balaban J connectivity index is 2.26. The Morgan fingerprint density at radius 3 is 2.60 bits per heavy atom. The molecule has 0 aliphatic rings. The van der Waals surface area contributed by atoms with Gasteiger partial charge in [0.25, 0.3) is 0 Å². The van der Waals surface area contributed by atoms with Crippen LogP contribution >= 0.6 is 11.6 Å². The Hall–Kier alpha value is -2.07. The Morgan fingerprint density at radius 1 is 1.35 bits per heavy atom. The van der Waals surface area contributed by atoms with Crippen LogP contribution in [0.1, 0.15) is 17.0 Å². The monoisotopic (exact) mass is 291 g/mol. The van der Waals surface area contributed by atoms with E-state index in [-0.39, 0.29) is 0 Å². The summed E-state index contributed by atoms with van der Waals surface area (Å²) in [5.74, 6) is -0.865. The molecular weight excluding hydrogens is 278 g/mol. The maximum absolute atomic E-state index is 11.5. The van der Waals surface area contributed by atoms with Crippen LogP contribution in [0.2, 0.25) is 5.02 Å². The molecule has 0 saturated heterocycles. The lowest BCUT2D eigenvalue weighted by atomic mass is 9.92. The molecule has 0 amide bonds. The quantitative estimate of drug-likeness (QED) is 0.919. The number of carboxylic acid groups (broad SMARTS) is 1. The minimum atomic E-state index is -0.908. The molecule has 1 heterocycles. The van der Waals surface area contributed by atoms with Crippen LogP contribution in [0, 0.1) is 0 Å². The van der Waals surface area contributed by atoms with E-state index in [1.54, 1.807) is 19.4 Å². The fraction of sp³-hybridized carbons (Fsp3) is 0.200. The summed E-state index contributed by atoms with van der Waals surface area (Å²) in [5.41, 5.74) is 1.48. The van der Waals surface area contributed by atoms with Crippen LogP contribution in [0.4, 0.5) is 0 Å². The minimum Gasteiger partial charge on any atom is -0.497 e. The third kappa shape index (κ3) is 3.27. The number of ether oxygens (including phenoxy) is 1. The van der Waals surface area contributed by atoms with Crippen molar-refractivity contribution in [2.75, 3.05) is 7.11 Å². The second-order valence-corrected chi connectivity index (χ2v) is 4.75. The van der Waals surface area contributed by atoms with Crippen molar-refractivity contribution in [2.24, 2.45) is 0 Å². The number of hydrogen-bond donors (Lipinski definition) is 1. The van der Waals surface area contributed by atoms with Crippen LogP contribution in [0.5, 0.6) is 5.75 Å². The number of rotatable bonds is 5. The number of carbonyl (C=O) groups is 1. The van der Waals surface area contributed by atoms with Crippen LogP contribution in [-0.2, 0) is 11.2 Å². The summed E-state index contributed by atoms with van der Waals surface area (Å²) in [5, 5.41) is 9.78. The second-order valence-electron chi connectivity index (χ2n) is 4.34. The van der Waals surface area contributed by atoms with Gasteiger partial charge in [-0.05, 0) is 35.7 Å². The number of pyridine rings is 1. The van der Waals surface area contributed by atoms with Crippen molar-refractivity contribution < 1.29 is 14.6 Å². The lowest BCUT2D eigenvalue weighted by molar-refractivity contribution is -0.138. The van der Waals surface area contributed by atoms with Gasteiger partial charge in [-0.2, -0.15) is 0 Å². The van der Waals surface area contributed by atoms with Gasteiger partial charge in [0.1, 0.15) is 5.75 Å². The standard InChI is InChI=1S/C15H14ClNO3/c1-20-11-4-2-10(3-5-11)8-13(15(18)19)12-6-7-17-9-14(12)16/h2-7,9,13H,8H2,1H3,(H,18,19). The van der Waals surface area contributed by atoms with Crippen LogP contribution in [0.15, 0.2) is 42.7 Å². The Labute approximate surface area is 122 Å². The number of halogens is 1. The fourth-order valence-electron chi connectivity index (χ4n) is 2.00. The van der Waals surface area contributed by atoms with Gasteiger partial charge in [0.05, 0.1) is 18.1 Å². The first-order chi connectivity index (χ1) is 9.61. The number of aromatic nitrogens is 1. The van der Waals surface area contributed by atoms with Crippen molar-refractivity contribution in [1.29, 1.82) is 0 Å². The van der Waals surface area contributed by atoms with Gasteiger partial charge in [-0.3, -0.25) is 9.78 Å². The summed E-state index contributed by atoms with van der Waals surface area (Å²) in [7, 11) is 1.59. The number of aliphatic carboxylic acids is 1. The zero-order valence-corrected chi connectivity index (χ0v) is 11.7. The highest BCUT2D eigenvalue weighted by molar-refractivity contribution is 6.31.